The van der Waals surface area contributed by atoms with Crippen LogP contribution in [0.25, 0.3) is 6.08 Å². The maximum atomic E-state index is 12.7. The molecule has 1 amide bonds. The molecule has 2 aromatic rings. The monoisotopic (exact) mass is 455 g/mol. The molecule has 0 aliphatic heterocycles. The number of halogens is 2. The van der Waals surface area contributed by atoms with Gasteiger partial charge in [0.1, 0.15) is 29.3 Å². The van der Waals surface area contributed by atoms with Crippen LogP contribution in [0.5, 0.6) is 5.75 Å². The Kier molecular flexibility index (Phi) is 7.03. The number of fused-ring (bicyclic) bond motifs is 1. The Morgan fingerprint density at radius 3 is 2.60 bits per heavy atom. The first-order valence-electron chi connectivity index (χ1n) is 9.01. The van der Waals surface area contributed by atoms with Gasteiger partial charge in [-0.05, 0) is 55.0 Å². The van der Waals surface area contributed by atoms with E-state index in [4.69, 9.17) is 34.4 Å². The van der Waals surface area contributed by atoms with Crippen LogP contribution in [0.2, 0.25) is 10.0 Å². The molecule has 1 aromatic carbocycles. The Labute approximate surface area is 188 Å². The largest absolute Gasteiger partial charge is 0.478 e. The van der Waals surface area contributed by atoms with Crippen molar-refractivity contribution in [2.24, 2.45) is 0 Å². The number of anilines is 1. The molecule has 8 heteroatoms. The quantitative estimate of drug-likeness (QED) is 0.373. The molecule has 0 saturated heterocycles. The van der Waals surface area contributed by atoms with Crippen LogP contribution >= 0.6 is 34.5 Å². The number of hydrogen-bond donors (Lipinski definition) is 1. The molecule has 0 fully saturated rings. The molecule has 0 saturated carbocycles. The Bertz CT molecular complexity index is 1140. The third-order valence-corrected chi connectivity index (χ3v) is 6.28. The van der Waals surface area contributed by atoms with E-state index in [2.05, 4.69) is 17.3 Å². The lowest BCUT2D eigenvalue weighted by molar-refractivity contribution is -0.112. The summed E-state index contributed by atoms with van der Waals surface area (Å²) in [6, 6.07) is 7.11. The summed E-state index contributed by atoms with van der Waals surface area (Å²) in [5.74, 6) is 1.95. The van der Waals surface area contributed by atoms with Crippen LogP contribution in [0.1, 0.15) is 34.4 Å². The number of nitriles is 2. The first kappa shape index (κ1) is 21.8. The first-order valence-corrected chi connectivity index (χ1v) is 10.6. The van der Waals surface area contributed by atoms with Crippen molar-refractivity contribution < 1.29 is 9.53 Å². The number of nitrogens with zero attached hydrogens (tertiary/aromatic N) is 2. The summed E-state index contributed by atoms with van der Waals surface area (Å²) >= 11 is 13.8. The van der Waals surface area contributed by atoms with Crippen molar-refractivity contribution in [2.45, 2.75) is 25.7 Å². The van der Waals surface area contributed by atoms with Gasteiger partial charge < -0.3 is 10.1 Å². The molecule has 1 aromatic heterocycles. The number of carbonyl (C=O) groups excluding carboxylic acids is 1. The van der Waals surface area contributed by atoms with Crippen molar-refractivity contribution in [3.8, 4) is 30.2 Å². The number of rotatable bonds is 5. The molecule has 0 radical (unpaired) electrons. The summed E-state index contributed by atoms with van der Waals surface area (Å²) in [5, 5.41) is 22.6. The summed E-state index contributed by atoms with van der Waals surface area (Å²) < 4.78 is 5.30. The van der Waals surface area contributed by atoms with Crippen molar-refractivity contribution in [3.05, 3.63) is 49.3 Å². The minimum absolute atomic E-state index is 0.00644. The molecule has 0 spiro atoms. The smallest absolute Gasteiger partial charge is 0.266 e. The molecule has 150 valence electrons. The molecule has 0 unspecified atom stereocenters. The molecule has 1 N–H and O–H groups in total. The predicted octanol–water partition coefficient (Wildman–Crippen LogP) is 5.36. The Balaban J connectivity index is 1.87. The van der Waals surface area contributed by atoms with Crippen LogP contribution in [-0.4, -0.2) is 12.5 Å². The van der Waals surface area contributed by atoms with Gasteiger partial charge in [-0.15, -0.1) is 17.8 Å². The minimum Gasteiger partial charge on any atom is -0.478 e. The maximum absolute atomic E-state index is 12.7. The average Bonchev–Trinajstić information content (AvgIpc) is 3.08. The van der Waals surface area contributed by atoms with Gasteiger partial charge in [-0.3, -0.25) is 4.79 Å². The lowest BCUT2D eigenvalue weighted by atomic mass is 9.96. The lowest BCUT2D eigenvalue weighted by Gasteiger charge is -2.09. The van der Waals surface area contributed by atoms with Crippen LogP contribution in [0.4, 0.5) is 5.00 Å². The summed E-state index contributed by atoms with van der Waals surface area (Å²) in [5.41, 5.74) is 1.81. The normalized spacial score (nSPS) is 12.8. The molecule has 3 rings (SSSR count). The number of hydrogen-bond acceptors (Lipinski definition) is 5. The molecule has 0 bridgehead atoms. The SMILES string of the molecule is C#CCOc1c(Cl)cc(/C=C(\C#N)C(=O)Nc2sc3c(c2C#N)CCCC3)cc1Cl. The number of terminal acetylenes is 1. The standard InChI is InChI=1S/C22H15Cl2N3O2S/c1-2-7-29-20-17(23)9-13(10-18(20)24)8-14(11-25)21(28)27-22-16(12-26)15-5-3-4-6-19(15)30-22/h1,8-10H,3-7H2,(H,27,28)/b14-8+. The first-order chi connectivity index (χ1) is 14.5. The van der Waals surface area contributed by atoms with Crippen LogP contribution < -0.4 is 10.1 Å². The van der Waals surface area contributed by atoms with E-state index >= 15 is 0 Å². The third-order valence-electron chi connectivity index (χ3n) is 4.51. The summed E-state index contributed by atoms with van der Waals surface area (Å²) in [6.07, 6.45) is 10.4. The van der Waals surface area contributed by atoms with E-state index in [1.807, 2.05) is 6.07 Å². The van der Waals surface area contributed by atoms with E-state index < -0.39 is 5.91 Å². The molecular formula is C22H15Cl2N3O2S. The van der Waals surface area contributed by atoms with Crippen LogP contribution in [0.3, 0.4) is 0 Å². The van der Waals surface area contributed by atoms with Crippen molar-refractivity contribution in [1.29, 1.82) is 10.5 Å². The highest BCUT2D eigenvalue weighted by Gasteiger charge is 2.22. The number of amides is 1. The fraction of sp³-hybridized carbons (Fsp3) is 0.227. The van der Waals surface area contributed by atoms with Crippen molar-refractivity contribution in [2.75, 3.05) is 11.9 Å². The van der Waals surface area contributed by atoms with Gasteiger partial charge >= 0.3 is 0 Å². The Hall–Kier alpha value is -2.95. The topological polar surface area (TPSA) is 85.9 Å². The minimum atomic E-state index is -0.604. The Morgan fingerprint density at radius 1 is 1.27 bits per heavy atom. The molecule has 5 nitrogen and oxygen atoms in total. The van der Waals surface area contributed by atoms with E-state index in [-0.39, 0.29) is 28.0 Å². The van der Waals surface area contributed by atoms with Crippen LogP contribution in [0, 0.1) is 35.0 Å². The average molecular weight is 456 g/mol. The number of ether oxygens (including phenoxy) is 1. The number of aryl methyl sites for hydroxylation is 1. The maximum Gasteiger partial charge on any atom is 0.266 e. The highest BCUT2D eigenvalue weighted by Crippen LogP contribution is 2.38. The predicted molar refractivity (Wildman–Crippen MR) is 119 cm³/mol. The van der Waals surface area contributed by atoms with Gasteiger partial charge in [-0.2, -0.15) is 10.5 Å². The molecule has 30 heavy (non-hydrogen) atoms. The van der Waals surface area contributed by atoms with E-state index in [1.54, 1.807) is 0 Å². The zero-order valence-electron chi connectivity index (χ0n) is 15.7. The number of benzene rings is 1. The third kappa shape index (κ3) is 4.61. The summed E-state index contributed by atoms with van der Waals surface area (Å²) in [4.78, 5) is 13.8. The Morgan fingerprint density at radius 2 is 1.97 bits per heavy atom. The second kappa shape index (κ2) is 9.70. The number of carbonyl (C=O) groups is 1. The fourth-order valence-electron chi connectivity index (χ4n) is 3.17. The fourth-order valence-corrected chi connectivity index (χ4v) is 5.02. The molecule has 1 aliphatic rings. The second-order valence-corrected chi connectivity index (χ2v) is 8.38. The van der Waals surface area contributed by atoms with Gasteiger partial charge in [0.25, 0.3) is 5.91 Å². The van der Waals surface area contributed by atoms with E-state index in [0.29, 0.717) is 16.1 Å². The molecule has 0 atom stereocenters. The van der Waals surface area contributed by atoms with Gasteiger partial charge in [0, 0.05) is 4.88 Å². The number of nitrogens with one attached hydrogen (secondary N) is 1. The van der Waals surface area contributed by atoms with Gasteiger partial charge in [-0.1, -0.05) is 29.1 Å². The van der Waals surface area contributed by atoms with Gasteiger partial charge in [-0.25, -0.2) is 0 Å². The molecule has 1 aliphatic carbocycles. The summed E-state index contributed by atoms with van der Waals surface area (Å²) in [6.45, 7) is 0.00644. The van der Waals surface area contributed by atoms with Gasteiger partial charge in [0.2, 0.25) is 0 Å². The van der Waals surface area contributed by atoms with E-state index in [0.717, 1.165) is 36.1 Å². The van der Waals surface area contributed by atoms with Crippen molar-refractivity contribution >= 4 is 51.5 Å². The van der Waals surface area contributed by atoms with Crippen molar-refractivity contribution in [3.63, 3.8) is 0 Å². The zero-order chi connectivity index (χ0) is 21.7. The number of thiophene rings is 1. The van der Waals surface area contributed by atoms with E-state index in [9.17, 15) is 15.3 Å². The summed E-state index contributed by atoms with van der Waals surface area (Å²) in [7, 11) is 0. The highest BCUT2D eigenvalue weighted by atomic mass is 35.5. The van der Waals surface area contributed by atoms with Gasteiger partial charge in [0.05, 0.1) is 15.6 Å². The van der Waals surface area contributed by atoms with Gasteiger partial charge in [0.15, 0.2) is 5.75 Å². The van der Waals surface area contributed by atoms with Crippen molar-refractivity contribution in [1.82, 2.24) is 0 Å². The van der Waals surface area contributed by atoms with E-state index in [1.165, 1.54) is 29.5 Å². The second-order valence-electron chi connectivity index (χ2n) is 6.46. The van der Waals surface area contributed by atoms with Crippen LogP contribution in [0.15, 0.2) is 17.7 Å². The van der Waals surface area contributed by atoms with Crippen LogP contribution in [-0.2, 0) is 17.6 Å². The lowest BCUT2D eigenvalue weighted by Crippen LogP contribution is -2.13. The molecule has 1 heterocycles. The zero-order valence-corrected chi connectivity index (χ0v) is 18.0. The molecular weight excluding hydrogens is 441 g/mol. The highest BCUT2D eigenvalue weighted by molar-refractivity contribution is 7.16.